The molecule has 0 bridgehead atoms. The molecule has 0 amide bonds. The number of rotatable bonds is 6. The monoisotopic (exact) mass is 439 g/mol. The molecule has 32 heavy (non-hydrogen) atoms. The van der Waals surface area contributed by atoms with Gasteiger partial charge in [-0.15, -0.1) is 0 Å². The lowest BCUT2D eigenvalue weighted by Gasteiger charge is -2.30. The van der Waals surface area contributed by atoms with Gasteiger partial charge in [0.1, 0.15) is 0 Å². The van der Waals surface area contributed by atoms with E-state index in [9.17, 15) is 0 Å². The van der Waals surface area contributed by atoms with Crippen molar-refractivity contribution in [2.75, 3.05) is 14.1 Å². The van der Waals surface area contributed by atoms with Crippen LogP contribution in [0.5, 0.6) is 0 Å². The molecule has 0 heterocycles. The SMILES string of the molecule is Cc1cc(C)cc(P(C2=C([C@@H](c3ccccc3)N(C)C)C=CC2)c2cc(C)cc(C)c2)c1. The van der Waals surface area contributed by atoms with E-state index in [1.807, 2.05) is 0 Å². The number of allylic oxidation sites excluding steroid dienone is 2. The molecule has 1 nitrogen and oxygen atoms in total. The molecule has 0 unspecified atom stereocenters. The Hall–Kier alpha value is -2.47. The van der Waals surface area contributed by atoms with Gasteiger partial charge in [0.25, 0.3) is 0 Å². The zero-order chi connectivity index (χ0) is 22.8. The molecule has 3 aromatic rings. The Morgan fingerprint density at radius 3 is 1.69 bits per heavy atom. The van der Waals surface area contributed by atoms with Gasteiger partial charge < -0.3 is 0 Å². The van der Waals surface area contributed by atoms with Crippen molar-refractivity contribution in [3.63, 3.8) is 0 Å². The van der Waals surface area contributed by atoms with E-state index in [0.717, 1.165) is 6.42 Å². The van der Waals surface area contributed by atoms with Gasteiger partial charge in [-0.1, -0.05) is 101 Å². The Morgan fingerprint density at radius 2 is 1.22 bits per heavy atom. The maximum Gasteiger partial charge on any atom is 0.0600 e. The fourth-order valence-electron chi connectivity index (χ4n) is 4.99. The van der Waals surface area contributed by atoms with Crippen LogP contribution < -0.4 is 10.6 Å². The first kappa shape index (κ1) is 22.7. The van der Waals surface area contributed by atoms with Gasteiger partial charge in [-0.05, 0) is 83.2 Å². The topological polar surface area (TPSA) is 3.24 Å². The molecule has 3 aromatic carbocycles. The molecule has 0 saturated carbocycles. The zero-order valence-corrected chi connectivity index (χ0v) is 21.1. The van der Waals surface area contributed by atoms with Crippen molar-refractivity contribution in [3.05, 3.63) is 118 Å². The third-order valence-electron chi connectivity index (χ3n) is 6.07. The van der Waals surface area contributed by atoms with E-state index in [0.29, 0.717) is 0 Å². The van der Waals surface area contributed by atoms with Crippen LogP contribution in [0.25, 0.3) is 0 Å². The number of aryl methyl sites for hydroxylation is 4. The molecule has 0 radical (unpaired) electrons. The minimum absolute atomic E-state index is 0.256. The molecule has 1 atom stereocenters. The molecular formula is C30H34NP. The second-order valence-corrected chi connectivity index (χ2v) is 11.6. The molecular weight excluding hydrogens is 405 g/mol. The molecule has 0 N–H and O–H groups in total. The van der Waals surface area contributed by atoms with Crippen LogP contribution >= 0.6 is 7.92 Å². The van der Waals surface area contributed by atoms with E-state index >= 15 is 0 Å². The van der Waals surface area contributed by atoms with Crippen molar-refractivity contribution in [2.45, 2.75) is 40.2 Å². The lowest BCUT2D eigenvalue weighted by atomic mass is 9.98. The largest absolute Gasteiger partial charge is 0.299 e. The molecule has 0 fully saturated rings. The maximum absolute atomic E-state index is 2.41. The summed E-state index contributed by atoms with van der Waals surface area (Å²) in [4.78, 5) is 2.36. The van der Waals surface area contributed by atoms with Gasteiger partial charge in [0.15, 0.2) is 0 Å². The van der Waals surface area contributed by atoms with Crippen molar-refractivity contribution in [2.24, 2.45) is 0 Å². The van der Waals surface area contributed by atoms with Crippen LogP contribution in [0.4, 0.5) is 0 Å². The third-order valence-corrected chi connectivity index (χ3v) is 8.60. The Morgan fingerprint density at radius 1 is 0.719 bits per heavy atom. The average molecular weight is 440 g/mol. The highest BCUT2D eigenvalue weighted by Gasteiger charge is 2.29. The number of benzene rings is 3. The van der Waals surface area contributed by atoms with Crippen LogP contribution in [0, 0.1) is 27.7 Å². The van der Waals surface area contributed by atoms with Crippen molar-refractivity contribution < 1.29 is 0 Å². The van der Waals surface area contributed by atoms with Crippen LogP contribution in [-0.2, 0) is 0 Å². The van der Waals surface area contributed by atoms with Crippen molar-refractivity contribution in [1.82, 2.24) is 4.90 Å². The van der Waals surface area contributed by atoms with Gasteiger partial charge in [0.05, 0.1) is 6.04 Å². The molecule has 1 aliphatic rings. The molecule has 164 valence electrons. The molecule has 0 spiro atoms. The first-order valence-electron chi connectivity index (χ1n) is 11.4. The summed E-state index contributed by atoms with van der Waals surface area (Å²) in [6.07, 6.45) is 5.77. The highest BCUT2D eigenvalue weighted by Crippen LogP contribution is 2.52. The first-order valence-corrected chi connectivity index (χ1v) is 12.8. The van der Waals surface area contributed by atoms with E-state index in [4.69, 9.17) is 0 Å². The predicted molar refractivity (Wildman–Crippen MR) is 142 cm³/mol. The summed E-state index contributed by atoms with van der Waals surface area (Å²) < 4.78 is 0. The van der Waals surface area contributed by atoms with E-state index in [1.54, 1.807) is 5.31 Å². The minimum atomic E-state index is -0.613. The Labute approximate surface area is 195 Å². The summed E-state index contributed by atoms with van der Waals surface area (Å²) >= 11 is 0. The van der Waals surface area contributed by atoms with Crippen LogP contribution in [0.2, 0.25) is 0 Å². The zero-order valence-electron chi connectivity index (χ0n) is 20.2. The van der Waals surface area contributed by atoms with E-state index in [1.165, 1.54) is 44.0 Å². The fourth-order valence-corrected chi connectivity index (χ4v) is 7.99. The second kappa shape index (κ2) is 9.57. The summed E-state index contributed by atoms with van der Waals surface area (Å²) in [5.41, 5.74) is 8.20. The van der Waals surface area contributed by atoms with Gasteiger partial charge in [-0.25, -0.2) is 0 Å². The Balaban J connectivity index is 1.95. The first-order chi connectivity index (χ1) is 15.3. The predicted octanol–water partition coefficient (Wildman–Crippen LogP) is 6.87. The Kier molecular flexibility index (Phi) is 6.79. The molecule has 0 aromatic heterocycles. The lowest BCUT2D eigenvalue weighted by Crippen LogP contribution is -2.23. The number of likely N-dealkylation sites (N-methyl/N-ethyl adjacent to an activating group) is 1. The van der Waals surface area contributed by atoms with Gasteiger partial charge in [-0.2, -0.15) is 0 Å². The highest BCUT2D eigenvalue weighted by molar-refractivity contribution is 7.76. The highest BCUT2D eigenvalue weighted by atomic mass is 31.1. The van der Waals surface area contributed by atoms with E-state index < -0.39 is 7.92 Å². The van der Waals surface area contributed by atoms with Crippen LogP contribution in [0.15, 0.2) is 89.8 Å². The summed E-state index contributed by atoms with van der Waals surface area (Å²) in [6, 6.07) is 25.4. The van der Waals surface area contributed by atoms with Crippen molar-refractivity contribution in [1.29, 1.82) is 0 Å². The van der Waals surface area contributed by atoms with Crippen LogP contribution in [0.1, 0.15) is 40.3 Å². The normalized spacial score (nSPS) is 14.6. The third kappa shape index (κ3) is 4.80. The van der Waals surface area contributed by atoms with Gasteiger partial charge in [-0.3, -0.25) is 4.90 Å². The molecule has 2 heteroatoms. The van der Waals surface area contributed by atoms with Crippen molar-refractivity contribution >= 4 is 18.5 Å². The molecule has 0 saturated heterocycles. The van der Waals surface area contributed by atoms with Gasteiger partial charge >= 0.3 is 0 Å². The summed E-state index contributed by atoms with van der Waals surface area (Å²) in [6.45, 7) is 8.89. The standard InChI is InChI=1S/C30H34NP/c1-21-15-22(2)18-26(17-21)32(27-19-23(3)16-24(4)20-27)29-14-10-13-28(29)30(31(5)6)25-11-8-7-9-12-25/h7-13,15-20,30H,14H2,1-6H3/t30-/m1/s1. The second-order valence-electron chi connectivity index (χ2n) is 9.31. The minimum Gasteiger partial charge on any atom is -0.299 e. The quantitative estimate of drug-likeness (QED) is 0.379. The maximum atomic E-state index is 2.41. The van der Waals surface area contributed by atoms with Gasteiger partial charge in [0.2, 0.25) is 0 Å². The lowest BCUT2D eigenvalue weighted by molar-refractivity contribution is 0.341. The summed E-state index contributed by atoms with van der Waals surface area (Å²) in [5, 5.41) is 4.51. The van der Waals surface area contributed by atoms with Crippen LogP contribution in [0.3, 0.4) is 0 Å². The van der Waals surface area contributed by atoms with E-state index in [-0.39, 0.29) is 6.04 Å². The Bertz CT molecular complexity index is 1080. The van der Waals surface area contributed by atoms with Crippen molar-refractivity contribution in [3.8, 4) is 0 Å². The molecule has 1 aliphatic carbocycles. The van der Waals surface area contributed by atoms with Crippen LogP contribution in [-0.4, -0.2) is 19.0 Å². The van der Waals surface area contributed by atoms with Gasteiger partial charge in [0, 0.05) is 0 Å². The smallest absolute Gasteiger partial charge is 0.0600 e. The number of hydrogen-bond acceptors (Lipinski definition) is 1. The molecule has 4 rings (SSSR count). The summed E-state index contributed by atoms with van der Waals surface area (Å²) in [5.74, 6) is 0. The van der Waals surface area contributed by atoms with E-state index in [2.05, 4.69) is 126 Å². The fraction of sp³-hybridized carbons (Fsp3) is 0.267. The summed E-state index contributed by atoms with van der Waals surface area (Å²) in [7, 11) is 3.78. The number of hydrogen-bond donors (Lipinski definition) is 0. The molecule has 0 aliphatic heterocycles. The average Bonchev–Trinajstić information content (AvgIpc) is 3.16. The number of nitrogens with zero attached hydrogens (tertiary/aromatic N) is 1.